The highest BCUT2D eigenvalue weighted by Gasteiger charge is 2.42. The van der Waals surface area contributed by atoms with E-state index in [4.69, 9.17) is 23.2 Å². The van der Waals surface area contributed by atoms with Gasteiger partial charge in [-0.15, -0.1) is 0 Å². The third kappa shape index (κ3) is 4.29. The topological polar surface area (TPSA) is 29.3 Å². The van der Waals surface area contributed by atoms with E-state index in [1.807, 2.05) is 0 Å². The van der Waals surface area contributed by atoms with Gasteiger partial charge in [-0.25, -0.2) is 17.6 Å². The van der Waals surface area contributed by atoms with Crippen LogP contribution in [-0.4, -0.2) is 10.8 Å². The van der Waals surface area contributed by atoms with Gasteiger partial charge in [0.15, 0.2) is 23.3 Å². The molecule has 0 unspecified atom stereocenters. The molecule has 0 aliphatic heterocycles. The maximum Gasteiger partial charge on any atom is 0.422 e. The second-order valence-electron chi connectivity index (χ2n) is 6.63. The fraction of sp³-hybridized carbons (Fsp3) is 0.150. The zero-order chi connectivity index (χ0) is 24.0. The van der Waals surface area contributed by atoms with Crippen molar-refractivity contribution in [1.82, 2.24) is 4.57 Å². The number of rotatable bonds is 4. The van der Waals surface area contributed by atoms with E-state index in [2.05, 4.69) is 5.10 Å². The van der Waals surface area contributed by atoms with Crippen LogP contribution in [0, 0.1) is 37.1 Å². The van der Waals surface area contributed by atoms with Gasteiger partial charge >= 0.3 is 6.18 Å². The van der Waals surface area contributed by atoms with E-state index in [0.717, 1.165) is 6.21 Å². The lowest BCUT2D eigenvalue weighted by atomic mass is 10.1. The van der Waals surface area contributed by atoms with Crippen LogP contribution in [-0.2, 0) is 6.18 Å². The number of nitrogens with one attached hydrogen (secondary N) is 1. The predicted octanol–water partition coefficient (Wildman–Crippen LogP) is 7.42. The van der Waals surface area contributed by atoms with Gasteiger partial charge in [-0.05, 0) is 38.1 Å². The maximum absolute atomic E-state index is 14.0. The van der Waals surface area contributed by atoms with E-state index in [1.165, 1.54) is 0 Å². The molecule has 32 heavy (non-hydrogen) atoms. The third-order valence-corrected chi connectivity index (χ3v) is 5.30. The highest BCUT2D eigenvalue weighted by Crippen LogP contribution is 2.38. The summed E-state index contributed by atoms with van der Waals surface area (Å²) in [5, 5.41) is 4.18. The first-order valence-corrected chi connectivity index (χ1v) is 9.46. The molecule has 0 radical (unpaired) electrons. The molecule has 0 aliphatic carbocycles. The van der Waals surface area contributed by atoms with E-state index in [0.29, 0.717) is 32.7 Å². The second-order valence-corrected chi connectivity index (χ2v) is 7.45. The molecule has 1 N–H and O–H groups in total. The molecule has 2 aromatic carbocycles. The number of hydrogen-bond acceptors (Lipinski definition) is 2. The van der Waals surface area contributed by atoms with Crippen LogP contribution in [0.5, 0.6) is 0 Å². The van der Waals surface area contributed by atoms with Crippen LogP contribution in [0.15, 0.2) is 29.4 Å². The quantitative estimate of drug-likeness (QED) is 0.173. The van der Waals surface area contributed by atoms with E-state index in [9.17, 15) is 30.7 Å². The van der Waals surface area contributed by atoms with Crippen LogP contribution in [0.4, 0.5) is 36.4 Å². The second kappa shape index (κ2) is 8.67. The number of aromatic nitrogens is 1. The summed E-state index contributed by atoms with van der Waals surface area (Å²) in [5.41, 5.74) is -0.0105. The van der Waals surface area contributed by atoms with Gasteiger partial charge in [0.05, 0.1) is 16.3 Å². The van der Waals surface area contributed by atoms with Gasteiger partial charge in [-0.1, -0.05) is 23.2 Å². The minimum Gasteiger partial charge on any atom is -0.318 e. The first-order chi connectivity index (χ1) is 14.8. The summed E-state index contributed by atoms with van der Waals surface area (Å²) in [7, 11) is 0. The largest absolute Gasteiger partial charge is 0.422 e. The molecule has 0 saturated carbocycles. The monoisotopic (exact) mass is 497 g/mol. The van der Waals surface area contributed by atoms with Gasteiger partial charge in [-0.3, -0.25) is 5.43 Å². The van der Waals surface area contributed by atoms with Gasteiger partial charge in [0.25, 0.3) is 0 Å². The Kier molecular flexibility index (Phi) is 6.48. The van der Waals surface area contributed by atoms with Crippen LogP contribution in [0.25, 0.3) is 5.69 Å². The Morgan fingerprint density at radius 2 is 1.50 bits per heavy atom. The lowest BCUT2D eigenvalue weighted by molar-refractivity contribution is -0.143. The zero-order valence-electron chi connectivity index (χ0n) is 16.2. The molecule has 1 heterocycles. The molecule has 0 bridgehead atoms. The summed E-state index contributed by atoms with van der Waals surface area (Å²) in [4.78, 5) is 0. The first-order valence-electron chi connectivity index (χ1n) is 8.71. The zero-order valence-corrected chi connectivity index (χ0v) is 17.7. The van der Waals surface area contributed by atoms with Crippen molar-refractivity contribution in [3.63, 3.8) is 0 Å². The number of aryl methyl sites for hydroxylation is 1. The molecular weight excluding hydrogens is 486 g/mol. The average Bonchev–Trinajstić information content (AvgIpc) is 2.97. The summed E-state index contributed by atoms with van der Waals surface area (Å²) >= 11 is 12.0. The Bertz CT molecular complexity index is 1200. The van der Waals surface area contributed by atoms with Crippen molar-refractivity contribution in [2.24, 2.45) is 5.10 Å². The molecule has 3 rings (SSSR count). The SMILES string of the molecule is Cc1cc(/C=N\Nc2c(F)c(F)c(C(F)(F)F)c(F)c2F)c(C)n1-c1ccc(Cl)c(Cl)c1. The molecule has 170 valence electrons. The van der Waals surface area contributed by atoms with Crippen molar-refractivity contribution in [3.05, 3.63) is 80.1 Å². The van der Waals surface area contributed by atoms with Crippen molar-refractivity contribution < 1.29 is 30.7 Å². The minimum absolute atomic E-state index is 0.311. The molecule has 3 aromatic rings. The lowest BCUT2D eigenvalue weighted by Gasteiger charge is -2.13. The van der Waals surface area contributed by atoms with Crippen molar-refractivity contribution >= 4 is 35.1 Å². The summed E-state index contributed by atoms with van der Waals surface area (Å²) in [5.74, 6) is -9.66. The highest BCUT2D eigenvalue weighted by molar-refractivity contribution is 6.42. The molecule has 0 aliphatic rings. The van der Waals surface area contributed by atoms with Crippen LogP contribution in [0.1, 0.15) is 22.5 Å². The standard InChI is InChI=1S/C20H12Cl2F7N3/c1-8-5-10(9(2)32(8)11-3-4-12(21)13(22)6-11)7-30-31-19-17(25)15(23)14(20(27,28)29)16(24)18(19)26/h3-7,31H,1-2H3/b30-7-. The average molecular weight is 498 g/mol. The smallest absolute Gasteiger partial charge is 0.318 e. The number of halogens is 9. The molecule has 1 aromatic heterocycles. The molecule has 0 saturated heterocycles. The van der Waals surface area contributed by atoms with Gasteiger partial charge in [-0.2, -0.15) is 18.3 Å². The molecule has 0 fully saturated rings. The van der Waals surface area contributed by atoms with Crippen molar-refractivity contribution in [3.8, 4) is 5.69 Å². The molecule has 0 amide bonds. The Balaban J connectivity index is 1.95. The number of alkyl halides is 3. The van der Waals surface area contributed by atoms with Gasteiger partial charge < -0.3 is 4.57 Å². The Labute approximate surface area is 187 Å². The number of hydrazone groups is 1. The third-order valence-electron chi connectivity index (χ3n) is 4.56. The first kappa shape index (κ1) is 23.9. The normalized spacial score (nSPS) is 12.1. The predicted molar refractivity (Wildman–Crippen MR) is 108 cm³/mol. The Morgan fingerprint density at radius 1 is 0.906 bits per heavy atom. The van der Waals surface area contributed by atoms with Gasteiger partial charge in [0, 0.05) is 22.6 Å². The number of anilines is 1. The lowest BCUT2D eigenvalue weighted by Crippen LogP contribution is -2.16. The summed E-state index contributed by atoms with van der Waals surface area (Å²) in [6.45, 7) is 3.44. The van der Waals surface area contributed by atoms with E-state index < -0.39 is 40.7 Å². The molecule has 12 heteroatoms. The van der Waals surface area contributed by atoms with Crippen LogP contribution in [0.3, 0.4) is 0 Å². The number of nitrogens with zero attached hydrogens (tertiary/aromatic N) is 2. The van der Waals surface area contributed by atoms with Crippen molar-refractivity contribution in [2.75, 3.05) is 5.43 Å². The Morgan fingerprint density at radius 3 is 2.03 bits per heavy atom. The number of benzene rings is 2. The number of hydrogen-bond donors (Lipinski definition) is 1. The fourth-order valence-corrected chi connectivity index (χ4v) is 3.38. The maximum atomic E-state index is 14.0. The van der Waals surface area contributed by atoms with E-state index in [-0.39, 0.29) is 0 Å². The van der Waals surface area contributed by atoms with Crippen LogP contribution >= 0.6 is 23.2 Å². The summed E-state index contributed by atoms with van der Waals surface area (Å²) in [6, 6.07) is 6.55. The highest BCUT2D eigenvalue weighted by atomic mass is 35.5. The molecule has 3 nitrogen and oxygen atoms in total. The van der Waals surface area contributed by atoms with Crippen molar-refractivity contribution in [1.29, 1.82) is 0 Å². The molecular formula is C20H12Cl2F7N3. The van der Waals surface area contributed by atoms with Crippen LogP contribution < -0.4 is 5.43 Å². The van der Waals surface area contributed by atoms with Gasteiger partial charge in [0.1, 0.15) is 11.3 Å². The van der Waals surface area contributed by atoms with Gasteiger partial charge in [0.2, 0.25) is 0 Å². The van der Waals surface area contributed by atoms with Crippen molar-refractivity contribution in [2.45, 2.75) is 20.0 Å². The van der Waals surface area contributed by atoms with Crippen LogP contribution in [0.2, 0.25) is 10.0 Å². The molecule has 0 spiro atoms. The minimum atomic E-state index is -5.63. The summed E-state index contributed by atoms with van der Waals surface area (Å²) < 4.78 is 95.1. The van der Waals surface area contributed by atoms with E-state index >= 15 is 0 Å². The fourth-order valence-electron chi connectivity index (χ4n) is 3.08. The Hall–Kier alpha value is -2.72. The van der Waals surface area contributed by atoms with E-state index in [1.54, 1.807) is 48.1 Å². The summed E-state index contributed by atoms with van der Waals surface area (Å²) in [6.07, 6.45) is -4.54. The molecule has 0 atom stereocenters.